The molecule has 0 aliphatic carbocycles. The molecule has 4 aromatic rings. The van der Waals surface area contributed by atoms with Gasteiger partial charge in [-0.2, -0.15) is 0 Å². The van der Waals surface area contributed by atoms with Gasteiger partial charge in [0.05, 0.1) is 5.69 Å². The molecule has 4 rings (SSSR count). The van der Waals surface area contributed by atoms with Crippen LogP contribution in [0.3, 0.4) is 0 Å². The van der Waals surface area contributed by atoms with Crippen LogP contribution in [0, 0.1) is 0 Å². The molecule has 22 heavy (non-hydrogen) atoms. The summed E-state index contributed by atoms with van der Waals surface area (Å²) in [7, 11) is 0. The maximum Gasteiger partial charge on any atom is 0.167 e. The van der Waals surface area contributed by atoms with Crippen LogP contribution in [-0.2, 0) is 5.75 Å². The average Bonchev–Trinajstić information content (AvgIpc) is 3.23. The Morgan fingerprint density at radius 1 is 1.09 bits per heavy atom. The molecule has 0 bridgehead atoms. The SMILES string of the molecule is c1ccc(-c2cc(CSc3ncnc4sccc34)no2)cc1. The van der Waals surface area contributed by atoms with Crippen molar-refractivity contribution in [1.82, 2.24) is 15.1 Å². The van der Waals surface area contributed by atoms with Crippen molar-refractivity contribution in [2.24, 2.45) is 0 Å². The van der Waals surface area contributed by atoms with Crippen molar-refractivity contribution < 1.29 is 4.52 Å². The summed E-state index contributed by atoms with van der Waals surface area (Å²) in [4.78, 5) is 9.64. The number of aromatic nitrogens is 3. The van der Waals surface area contributed by atoms with Crippen LogP contribution in [0.2, 0.25) is 0 Å². The summed E-state index contributed by atoms with van der Waals surface area (Å²) in [6.07, 6.45) is 1.61. The number of hydrogen-bond donors (Lipinski definition) is 0. The summed E-state index contributed by atoms with van der Waals surface area (Å²) >= 11 is 3.28. The summed E-state index contributed by atoms with van der Waals surface area (Å²) < 4.78 is 5.42. The molecule has 6 heteroatoms. The average molecular weight is 325 g/mol. The lowest BCUT2D eigenvalue weighted by molar-refractivity contribution is 0.426. The summed E-state index contributed by atoms with van der Waals surface area (Å²) in [5.41, 5.74) is 1.94. The third-order valence-corrected chi connectivity index (χ3v) is 5.06. The quantitative estimate of drug-likeness (QED) is 0.404. The fourth-order valence-electron chi connectivity index (χ4n) is 2.14. The zero-order chi connectivity index (χ0) is 14.8. The maximum atomic E-state index is 5.42. The Balaban J connectivity index is 1.53. The lowest BCUT2D eigenvalue weighted by Crippen LogP contribution is -1.85. The van der Waals surface area contributed by atoms with E-state index in [4.69, 9.17) is 4.52 Å². The second-order valence-electron chi connectivity index (χ2n) is 4.66. The molecule has 0 saturated heterocycles. The molecule has 0 saturated carbocycles. The van der Waals surface area contributed by atoms with Gasteiger partial charge in [0.15, 0.2) is 5.76 Å². The van der Waals surface area contributed by atoms with Gasteiger partial charge >= 0.3 is 0 Å². The minimum Gasteiger partial charge on any atom is -0.356 e. The van der Waals surface area contributed by atoms with Crippen LogP contribution in [0.1, 0.15) is 5.69 Å². The summed E-state index contributed by atoms with van der Waals surface area (Å²) in [5, 5.41) is 8.26. The number of thioether (sulfide) groups is 1. The minimum absolute atomic E-state index is 0.721. The van der Waals surface area contributed by atoms with Gasteiger partial charge in [0.1, 0.15) is 16.2 Å². The molecule has 3 heterocycles. The van der Waals surface area contributed by atoms with E-state index in [0.29, 0.717) is 0 Å². The van der Waals surface area contributed by atoms with Gasteiger partial charge in [0.25, 0.3) is 0 Å². The Bertz CT molecular complexity index is 902. The zero-order valence-electron chi connectivity index (χ0n) is 11.5. The van der Waals surface area contributed by atoms with E-state index in [1.54, 1.807) is 29.4 Å². The Morgan fingerprint density at radius 3 is 2.91 bits per heavy atom. The van der Waals surface area contributed by atoms with Crippen molar-refractivity contribution in [2.75, 3.05) is 0 Å². The Morgan fingerprint density at radius 2 is 2.00 bits per heavy atom. The molecule has 0 unspecified atom stereocenters. The van der Waals surface area contributed by atoms with Crippen LogP contribution in [0.25, 0.3) is 21.5 Å². The van der Waals surface area contributed by atoms with Gasteiger partial charge in [-0.05, 0) is 11.4 Å². The number of nitrogens with zero attached hydrogens (tertiary/aromatic N) is 3. The van der Waals surface area contributed by atoms with Crippen LogP contribution in [0.15, 0.2) is 63.7 Å². The molecule has 0 atom stereocenters. The minimum atomic E-state index is 0.721. The van der Waals surface area contributed by atoms with Gasteiger partial charge < -0.3 is 4.52 Å². The molecule has 0 amide bonds. The summed E-state index contributed by atoms with van der Waals surface area (Å²) in [5.74, 6) is 1.51. The molecule has 0 fully saturated rings. The number of hydrogen-bond acceptors (Lipinski definition) is 6. The first-order valence-electron chi connectivity index (χ1n) is 6.72. The van der Waals surface area contributed by atoms with Crippen LogP contribution in [0.5, 0.6) is 0 Å². The molecule has 0 radical (unpaired) electrons. The van der Waals surface area contributed by atoms with Gasteiger partial charge in [-0.25, -0.2) is 9.97 Å². The highest BCUT2D eigenvalue weighted by atomic mass is 32.2. The molecule has 0 spiro atoms. The molecule has 4 nitrogen and oxygen atoms in total. The third-order valence-electron chi connectivity index (χ3n) is 3.20. The highest BCUT2D eigenvalue weighted by molar-refractivity contribution is 7.98. The highest BCUT2D eigenvalue weighted by Crippen LogP contribution is 2.30. The van der Waals surface area contributed by atoms with Gasteiger partial charge in [0.2, 0.25) is 0 Å². The van der Waals surface area contributed by atoms with Crippen molar-refractivity contribution >= 4 is 33.3 Å². The largest absolute Gasteiger partial charge is 0.356 e. The monoisotopic (exact) mass is 325 g/mol. The van der Waals surface area contributed by atoms with Crippen molar-refractivity contribution in [1.29, 1.82) is 0 Å². The number of thiophene rings is 1. The molecule has 0 aliphatic rings. The van der Waals surface area contributed by atoms with Crippen molar-refractivity contribution in [3.63, 3.8) is 0 Å². The van der Waals surface area contributed by atoms with Crippen LogP contribution >= 0.6 is 23.1 Å². The van der Waals surface area contributed by atoms with Gasteiger partial charge in [-0.1, -0.05) is 47.3 Å². The third kappa shape index (κ3) is 2.63. The van der Waals surface area contributed by atoms with E-state index in [2.05, 4.69) is 21.2 Å². The second-order valence-corrected chi connectivity index (χ2v) is 6.51. The molecular formula is C16H11N3OS2. The summed E-state index contributed by atoms with van der Waals surface area (Å²) in [6, 6.07) is 14.0. The van der Waals surface area contributed by atoms with Crippen molar-refractivity contribution in [3.8, 4) is 11.3 Å². The van der Waals surface area contributed by atoms with Crippen LogP contribution in [-0.4, -0.2) is 15.1 Å². The Labute approximate surface area is 135 Å². The molecule has 0 N–H and O–H groups in total. The Kier molecular flexibility index (Phi) is 3.62. The van der Waals surface area contributed by atoms with Crippen LogP contribution in [0.4, 0.5) is 0 Å². The highest BCUT2D eigenvalue weighted by Gasteiger charge is 2.09. The first kappa shape index (κ1) is 13.5. The number of benzene rings is 1. The molecule has 3 aromatic heterocycles. The van der Waals surface area contributed by atoms with E-state index >= 15 is 0 Å². The van der Waals surface area contributed by atoms with Gasteiger partial charge in [-0.15, -0.1) is 11.3 Å². The Hall–Kier alpha value is -2.18. The van der Waals surface area contributed by atoms with E-state index in [0.717, 1.165) is 38.0 Å². The fourth-order valence-corrected chi connectivity index (χ4v) is 3.80. The molecule has 0 aliphatic heterocycles. The van der Waals surface area contributed by atoms with E-state index in [9.17, 15) is 0 Å². The van der Waals surface area contributed by atoms with Crippen LogP contribution < -0.4 is 0 Å². The van der Waals surface area contributed by atoms with E-state index in [1.165, 1.54) is 0 Å². The lowest BCUT2D eigenvalue weighted by Gasteiger charge is -1.99. The van der Waals surface area contributed by atoms with E-state index in [1.807, 2.05) is 41.8 Å². The number of rotatable bonds is 4. The summed E-state index contributed by atoms with van der Waals surface area (Å²) in [6.45, 7) is 0. The van der Waals surface area contributed by atoms with Crippen molar-refractivity contribution in [2.45, 2.75) is 10.8 Å². The molecular weight excluding hydrogens is 314 g/mol. The molecule has 1 aromatic carbocycles. The first-order chi connectivity index (χ1) is 10.9. The second kappa shape index (κ2) is 5.90. The predicted octanol–water partition coefficient (Wildman–Crippen LogP) is 4.64. The smallest absolute Gasteiger partial charge is 0.167 e. The first-order valence-corrected chi connectivity index (χ1v) is 8.59. The topological polar surface area (TPSA) is 51.8 Å². The normalized spacial score (nSPS) is 11.1. The van der Waals surface area contributed by atoms with E-state index < -0.39 is 0 Å². The predicted molar refractivity (Wildman–Crippen MR) is 88.9 cm³/mol. The van der Waals surface area contributed by atoms with Gasteiger partial charge in [0, 0.05) is 22.8 Å². The van der Waals surface area contributed by atoms with Gasteiger partial charge in [-0.3, -0.25) is 0 Å². The van der Waals surface area contributed by atoms with Crippen molar-refractivity contribution in [3.05, 3.63) is 59.9 Å². The standard InChI is InChI=1S/C16H11N3OS2/c1-2-4-11(5-3-1)14-8-12(19-20-14)9-22-16-13-6-7-21-15(13)17-10-18-16/h1-8,10H,9H2. The zero-order valence-corrected chi connectivity index (χ0v) is 13.1. The fraction of sp³-hybridized carbons (Fsp3) is 0.0625. The van der Waals surface area contributed by atoms with E-state index in [-0.39, 0.29) is 0 Å². The maximum absolute atomic E-state index is 5.42. The number of fused-ring (bicyclic) bond motifs is 1. The lowest BCUT2D eigenvalue weighted by atomic mass is 10.2. The molecule has 108 valence electrons.